The van der Waals surface area contributed by atoms with Gasteiger partial charge in [0.1, 0.15) is 5.76 Å². The van der Waals surface area contributed by atoms with E-state index in [0.29, 0.717) is 13.0 Å². The van der Waals surface area contributed by atoms with Gasteiger partial charge in [-0.3, -0.25) is 0 Å². The average molecular weight is 277 g/mol. The predicted octanol–water partition coefficient (Wildman–Crippen LogP) is 1.03. The molecule has 0 spiro atoms. The lowest BCUT2D eigenvalue weighted by Gasteiger charge is -2.14. The Bertz CT molecular complexity index is 557. The number of carboxylic acids is 1. The average Bonchev–Trinajstić information content (AvgIpc) is 2.96. The second-order valence-electron chi connectivity index (χ2n) is 4.27. The van der Waals surface area contributed by atoms with Crippen LogP contribution in [0.25, 0.3) is 0 Å². The highest BCUT2D eigenvalue weighted by molar-refractivity contribution is 5.90. The summed E-state index contributed by atoms with van der Waals surface area (Å²) < 4.78 is 5.22. The summed E-state index contributed by atoms with van der Waals surface area (Å²) in [5, 5.41) is 21.2. The van der Waals surface area contributed by atoms with E-state index < -0.39 is 5.97 Å². The van der Waals surface area contributed by atoms with E-state index in [9.17, 15) is 9.90 Å². The smallest absolute Gasteiger partial charge is 0.358 e. The lowest BCUT2D eigenvalue weighted by Crippen LogP contribution is -2.22. The second-order valence-corrected chi connectivity index (χ2v) is 4.27. The molecular weight excluding hydrogens is 262 g/mol. The topological polar surface area (TPSA) is 108 Å². The first kappa shape index (κ1) is 14.0. The minimum atomic E-state index is -1.15. The number of anilines is 1. The van der Waals surface area contributed by atoms with Crippen LogP contribution in [0.4, 0.5) is 5.82 Å². The van der Waals surface area contributed by atoms with Gasteiger partial charge in [0.15, 0.2) is 11.5 Å². The molecule has 1 atom stereocenters. The number of carbonyl (C=O) groups is 1. The Balaban J connectivity index is 1.98. The van der Waals surface area contributed by atoms with Crippen LogP contribution in [0.1, 0.15) is 16.2 Å². The number of furan rings is 1. The van der Waals surface area contributed by atoms with Gasteiger partial charge in [-0.25, -0.2) is 14.8 Å². The van der Waals surface area contributed by atoms with Crippen molar-refractivity contribution < 1.29 is 19.4 Å². The van der Waals surface area contributed by atoms with E-state index in [4.69, 9.17) is 9.52 Å². The molecule has 0 saturated carbocycles. The maximum Gasteiger partial charge on any atom is 0.358 e. The van der Waals surface area contributed by atoms with Crippen molar-refractivity contribution in [3.8, 4) is 0 Å². The maximum atomic E-state index is 11.0. The molecule has 0 aliphatic heterocycles. The molecule has 0 saturated heterocycles. The van der Waals surface area contributed by atoms with Crippen LogP contribution in [-0.2, 0) is 6.42 Å². The summed E-state index contributed by atoms with van der Waals surface area (Å²) in [6.07, 6.45) is 4.86. The molecule has 106 valence electrons. The monoisotopic (exact) mass is 277 g/mol. The Kier molecular flexibility index (Phi) is 4.67. The largest absolute Gasteiger partial charge is 0.476 e. The molecule has 0 bridgehead atoms. The fraction of sp³-hybridized carbons (Fsp3) is 0.308. The Morgan fingerprint density at radius 1 is 1.40 bits per heavy atom. The SMILES string of the molecule is O=C(O)c1nccnc1NCC(CO)Cc1ccco1. The first-order chi connectivity index (χ1) is 9.70. The van der Waals surface area contributed by atoms with Gasteiger partial charge in [-0.05, 0) is 12.1 Å². The fourth-order valence-corrected chi connectivity index (χ4v) is 1.78. The van der Waals surface area contributed by atoms with E-state index in [-0.39, 0.29) is 24.0 Å². The van der Waals surface area contributed by atoms with Crippen molar-refractivity contribution >= 4 is 11.8 Å². The molecule has 0 aliphatic rings. The van der Waals surface area contributed by atoms with Crippen LogP contribution in [0.5, 0.6) is 0 Å². The number of nitrogens with zero attached hydrogens (tertiary/aromatic N) is 2. The Morgan fingerprint density at radius 2 is 2.20 bits per heavy atom. The van der Waals surface area contributed by atoms with Crippen LogP contribution in [0.15, 0.2) is 35.2 Å². The summed E-state index contributed by atoms with van der Waals surface area (Å²) in [6.45, 7) is 0.326. The number of carboxylic acid groups (broad SMARTS) is 1. The zero-order valence-electron chi connectivity index (χ0n) is 10.7. The van der Waals surface area contributed by atoms with Gasteiger partial charge >= 0.3 is 5.97 Å². The molecule has 1 unspecified atom stereocenters. The van der Waals surface area contributed by atoms with E-state index in [1.807, 2.05) is 6.07 Å². The van der Waals surface area contributed by atoms with Crippen molar-refractivity contribution in [2.24, 2.45) is 5.92 Å². The standard InChI is InChI=1S/C13H15N3O4/c17-8-9(6-10-2-1-5-20-10)7-16-12-11(13(18)19)14-3-4-15-12/h1-5,9,17H,6-8H2,(H,15,16)(H,18,19). The van der Waals surface area contributed by atoms with Gasteiger partial charge in [-0.15, -0.1) is 0 Å². The zero-order chi connectivity index (χ0) is 14.4. The molecule has 2 aromatic heterocycles. The maximum absolute atomic E-state index is 11.0. The van der Waals surface area contributed by atoms with Gasteiger partial charge in [0, 0.05) is 37.9 Å². The third kappa shape index (κ3) is 3.55. The van der Waals surface area contributed by atoms with E-state index in [0.717, 1.165) is 5.76 Å². The predicted molar refractivity (Wildman–Crippen MR) is 70.5 cm³/mol. The van der Waals surface area contributed by atoms with Crippen molar-refractivity contribution in [3.05, 3.63) is 42.2 Å². The highest BCUT2D eigenvalue weighted by Crippen LogP contribution is 2.12. The molecule has 7 heteroatoms. The molecule has 2 aromatic rings. The number of hydrogen-bond donors (Lipinski definition) is 3. The number of hydrogen-bond acceptors (Lipinski definition) is 6. The van der Waals surface area contributed by atoms with Crippen molar-refractivity contribution in [2.75, 3.05) is 18.5 Å². The van der Waals surface area contributed by atoms with Crippen molar-refractivity contribution in [1.82, 2.24) is 9.97 Å². The van der Waals surface area contributed by atoms with Gasteiger partial charge in [-0.2, -0.15) is 0 Å². The lowest BCUT2D eigenvalue weighted by atomic mass is 10.1. The molecule has 2 heterocycles. The summed E-state index contributed by atoms with van der Waals surface area (Å²) in [5.41, 5.74) is -0.137. The van der Waals surface area contributed by atoms with Crippen molar-refractivity contribution in [2.45, 2.75) is 6.42 Å². The molecule has 0 amide bonds. The van der Waals surface area contributed by atoms with Crippen LogP contribution in [0, 0.1) is 5.92 Å². The molecule has 20 heavy (non-hydrogen) atoms. The van der Waals surface area contributed by atoms with Crippen molar-refractivity contribution in [3.63, 3.8) is 0 Å². The van der Waals surface area contributed by atoms with E-state index in [1.54, 1.807) is 12.3 Å². The molecule has 0 radical (unpaired) electrons. The van der Waals surface area contributed by atoms with E-state index >= 15 is 0 Å². The summed E-state index contributed by atoms with van der Waals surface area (Å²) in [4.78, 5) is 18.7. The highest BCUT2D eigenvalue weighted by atomic mass is 16.4. The summed E-state index contributed by atoms with van der Waals surface area (Å²) in [5.74, 6) is -0.293. The minimum Gasteiger partial charge on any atom is -0.476 e. The van der Waals surface area contributed by atoms with Gasteiger partial charge in [0.25, 0.3) is 0 Å². The first-order valence-electron chi connectivity index (χ1n) is 6.12. The molecule has 7 nitrogen and oxygen atoms in total. The summed E-state index contributed by atoms with van der Waals surface area (Å²) in [7, 11) is 0. The van der Waals surface area contributed by atoms with Crippen LogP contribution < -0.4 is 5.32 Å². The van der Waals surface area contributed by atoms with Crippen LogP contribution >= 0.6 is 0 Å². The second kappa shape index (κ2) is 6.67. The Labute approximate surface area is 115 Å². The molecule has 0 aliphatic carbocycles. The van der Waals surface area contributed by atoms with Gasteiger partial charge < -0.3 is 19.9 Å². The molecule has 3 N–H and O–H groups in total. The number of rotatable bonds is 7. The number of aromatic carboxylic acids is 1. The molecule has 2 rings (SSSR count). The third-order valence-corrected chi connectivity index (χ3v) is 2.79. The normalized spacial score (nSPS) is 12.1. The quantitative estimate of drug-likeness (QED) is 0.693. The molecule has 0 fully saturated rings. The summed E-state index contributed by atoms with van der Waals surface area (Å²) in [6, 6.07) is 3.61. The fourth-order valence-electron chi connectivity index (χ4n) is 1.78. The van der Waals surface area contributed by atoms with E-state index in [2.05, 4.69) is 15.3 Å². The molecule has 0 aromatic carbocycles. The minimum absolute atomic E-state index is 0.0453. The Hall–Kier alpha value is -2.41. The highest BCUT2D eigenvalue weighted by Gasteiger charge is 2.15. The lowest BCUT2D eigenvalue weighted by molar-refractivity contribution is 0.0691. The van der Waals surface area contributed by atoms with Gasteiger partial charge in [0.2, 0.25) is 0 Å². The number of aromatic nitrogens is 2. The number of aliphatic hydroxyl groups is 1. The van der Waals surface area contributed by atoms with Crippen LogP contribution in [0.2, 0.25) is 0 Å². The Morgan fingerprint density at radius 3 is 2.85 bits per heavy atom. The van der Waals surface area contributed by atoms with Crippen molar-refractivity contribution in [1.29, 1.82) is 0 Å². The van der Waals surface area contributed by atoms with Crippen LogP contribution in [0.3, 0.4) is 0 Å². The number of aliphatic hydroxyl groups excluding tert-OH is 1. The molecular formula is C13H15N3O4. The van der Waals surface area contributed by atoms with Gasteiger partial charge in [0.05, 0.1) is 6.26 Å². The zero-order valence-corrected chi connectivity index (χ0v) is 10.7. The van der Waals surface area contributed by atoms with Crippen LogP contribution in [-0.4, -0.2) is 39.3 Å². The number of nitrogens with one attached hydrogen (secondary N) is 1. The third-order valence-electron chi connectivity index (χ3n) is 2.79. The van der Waals surface area contributed by atoms with Gasteiger partial charge in [-0.1, -0.05) is 0 Å². The summed E-state index contributed by atoms with van der Waals surface area (Å²) >= 11 is 0. The first-order valence-corrected chi connectivity index (χ1v) is 6.12. The van der Waals surface area contributed by atoms with E-state index in [1.165, 1.54) is 12.4 Å².